The number of thiophene rings is 1. The molecule has 4 heteroatoms. The van der Waals surface area contributed by atoms with Crippen molar-refractivity contribution >= 4 is 38.2 Å². The van der Waals surface area contributed by atoms with Crippen LogP contribution in [0.1, 0.15) is 18.7 Å². The van der Waals surface area contributed by atoms with Gasteiger partial charge in [-0.05, 0) is 60.1 Å². The van der Waals surface area contributed by atoms with Crippen molar-refractivity contribution < 1.29 is 4.74 Å². The van der Waals surface area contributed by atoms with Crippen LogP contribution in [0.2, 0.25) is 0 Å². The van der Waals surface area contributed by atoms with E-state index in [0.29, 0.717) is 0 Å². The third-order valence-corrected chi connectivity index (χ3v) is 4.74. The van der Waals surface area contributed by atoms with Crippen molar-refractivity contribution in [2.45, 2.75) is 26.5 Å². The lowest BCUT2D eigenvalue weighted by Gasteiger charge is -2.10. The Bertz CT molecular complexity index is 729. The molecule has 2 nitrogen and oxygen atoms in total. The Hall–Kier alpha value is -1.26. The summed E-state index contributed by atoms with van der Waals surface area (Å²) in [6.45, 7) is 5.00. The van der Waals surface area contributed by atoms with Gasteiger partial charge in [0.25, 0.3) is 0 Å². The molecule has 0 aliphatic rings. The van der Waals surface area contributed by atoms with Crippen LogP contribution in [0.4, 0.5) is 0 Å². The second-order valence-corrected chi connectivity index (χ2v) is 6.97. The first kappa shape index (κ1) is 13.7. The van der Waals surface area contributed by atoms with Crippen molar-refractivity contribution in [2.24, 2.45) is 0 Å². The highest BCUT2D eigenvalue weighted by atomic mass is 79.9. The van der Waals surface area contributed by atoms with E-state index < -0.39 is 0 Å². The number of hydrogen-bond donors (Lipinski definition) is 0. The molecule has 0 aliphatic carbocycles. The Morgan fingerprint density at radius 1 is 1.25 bits per heavy atom. The summed E-state index contributed by atoms with van der Waals surface area (Å²) in [4.78, 5) is 1.34. The average molecular weight is 350 g/mol. The molecule has 0 saturated carbocycles. The first-order valence-corrected chi connectivity index (χ1v) is 8.27. The lowest BCUT2D eigenvalue weighted by atomic mass is 10.2. The van der Waals surface area contributed by atoms with E-state index >= 15 is 0 Å². The number of ether oxygens (including phenoxy) is 1. The lowest BCUT2D eigenvalue weighted by Crippen LogP contribution is -2.05. The minimum absolute atomic E-state index is 0.206. The van der Waals surface area contributed by atoms with Crippen molar-refractivity contribution in [1.29, 1.82) is 0 Å². The van der Waals surface area contributed by atoms with Gasteiger partial charge in [-0.1, -0.05) is 0 Å². The van der Waals surface area contributed by atoms with E-state index in [1.165, 1.54) is 15.8 Å². The van der Waals surface area contributed by atoms with E-state index in [9.17, 15) is 0 Å². The number of fused-ring (bicyclic) bond motifs is 1. The minimum atomic E-state index is 0.206. The predicted octanol–water partition coefficient (Wildman–Crippen LogP) is 5.30. The van der Waals surface area contributed by atoms with Crippen LogP contribution < -0.4 is 4.74 Å². The van der Waals surface area contributed by atoms with Gasteiger partial charge in [0.05, 0.1) is 12.6 Å². The number of nitrogens with zero attached hydrogens (tertiary/aromatic N) is 1. The minimum Gasteiger partial charge on any atom is -0.491 e. The quantitative estimate of drug-likeness (QED) is 0.623. The molecule has 0 fully saturated rings. The summed E-state index contributed by atoms with van der Waals surface area (Å²) >= 11 is 5.28. The third-order valence-electron chi connectivity index (χ3n) is 3.06. The Morgan fingerprint density at radius 2 is 2.10 bits per heavy atom. The molecule has 1 aromatic carbocycles. The number of aromatic nitrogens is 1. The molecule has 0 N–H and O–H groups in total. The first-order valence-electron chi connectivity index (χ1n) is 6.60. The monoisotopic (exact) mass is 349 g/mol. The topological polar surface area (TPSA) is 14.2 Å². The zero-order valence-corrected chi connectivity index (χ0v) is 13.9. The fraction of sp³-hybridized carbons (Fsp3) is 0.250. The van der Waals surface area contributed by atoms with Crippen LogP contribution in [-0.2, 0) is 6.54 Å². The Kier molecular flexibility index (Phi) is 3.85. The molecule has 0 spiro atoms. The molecule has 3 aromatic rings. The molecule has 0 unspecified atom stereocenters. The summed E-state index contributed by atoms with van der Waals surface area (Å²) in [5.74, 6) is 0.934. The molecule has 0 saturated heterocycles. The van der Waals surface area contributed by atoms with Gasteiger partial charge in [-0.2, -0.15) is 0 Å². The molecule has 0 atom stereocenters. The van der Waals surface area contributed by atoms with Gasteiger partial charge in [0.15, 0.2) is 0 Å². The summed E-state index contributed by atoms with van der Waals surface area (Å²) in [6.07, 6.45) is 2.34. The van der Waals surface area contributed by atoms with Gasteiger partial charge in [-0.15, -0.1) is 11.3 Å². The fourth-order valence-electron chi connectivity index (χ4n) is 2.27. The van der Waals surface area contributed by atoms with Gasteiger partial charge in [0.1, 0.15) is 5.75 Å². The summed E-state index contributed by atoms with van der Waals surface area (Å²) in [7, 11) is 0. The van der Waals surface area contributed by atoms with Crippen LogP contribution in [0.25, 0.3) is 10.9 Å². The van der Waals surface area contributed by atoms with Gasteiger partial charge in [0, 0.05) is 31.8 Å². The lowest BCUT2D eigenvalue weighted by molar-refractivity contribution is 0.243. The Morgan fingerprint density at radius 3 is 2.80 bits per heavy atom. The summed E-state index contributed by atoms with van der Waals surface area (Å²) in [6, 6.07) is 10.6. The van der Waals surface area contributed by atoms with Gasteiger partial charge < -0.3 is 9.30 Å². The highest BCUT2D eigenvalue weighted by Gasteiger charge is 2.06. The van der Waals surface area contributed by atoms with Crippen molar-refractivity contribution in [3.63, 3.8) is 0 Å². The van der Waals surface area contributed by atoms with Crippen LogP contribution in [0, 0.1) is 0 Å². The molecule has 0 amide bonds. The molecule has 0 aliphatic heterocycles. The maximum atomic E-state index is 5.74. The van der Waals surface area contributed by atoms with Gasteiger partial charge in [-0.3, -0.25) is 0 Å². The van der Waals surface area contributed by atoms with Crippen LogP contribution in [0.15, 0.2) is 46.4 Å². The second kappa shape index (κ2) is 5.62. The molecule has 2 heterocycles. The predicted molar refractivity (Wildman–Crippen MR) is 88.8 cm³/mol. The van der Waals surface area contributed by atoms with Gasteiger partial charge in [-0.25, -0.2) is 0 Å². The fourth-order valence-corrected chi connectivity index (χ4v) is 3.72. The number of benzene rings is 1. The number of rotatable bonds is 4. The second-order valence-electron chi connectivity index (χ2n) is 5.06. The molecular formula is C16H16BrNOS. The van der Waals surface area contributed by atoms with Crippen molar-refractivity contribution in [1.82, 2.24) is 4.57 Å². The van der Waals surface area contributed by atoms with Crippen molar-refractivity contribution in [2.75, 3.05) is 0 Å². The normalized spacial score (nSPS) is 11.4. The van der Waals surface area contributed by atoms with Crippen LogP contribution in [-0.4, -0.2) is 10.7 Å². The van der Waals surface area contributed by atoms with E-state index in [4.69, 9.17) is 4.74 Å². The summed E-state index contributed by atoms with van der Waals surface area (Å²) in [5, 5.41) is 3.34. The molecule has 3 rings (SSSR count). The SMILES string of the molecule is CC(C)Oc1ccc2c(ccn2Cc2cc(Br)cs2)c1. The molecular weight excluding hydrogens is 334 g/mol. The van der Waals surface area contributed by atoms with Crippen molar-refractivity contribution in [3.8, 4) is 5.75 Å². The van der Waals surface area contributed by atoms with Crippen LogP contribution >= 0.6 is 27.3 Å². The van der Waals surface area contributed by atoms with E-state index in [1.54, 1.807) is 11.3 Å². The smallest absolute Gasteiger partial charge is 0.120 e. The molecule has 0 radical (unpaired) electrons. The Balaban J connectivity index is 1.89. The maximum Gasteiger partial charge on any atom is 0.120 e. The largest absolute Gasteiger partial charge is 0.491 e. The maximum absolute atomic E-state index is 5.74. The average Bonchev–Trinajstić information content (AvgIpc) is 2.96. The summed E-state index contributed by atoms with van der Waals surface area (Å²) in [5.41, 5.74) is 1.24. The number of hydrogen-bond acceptors (Lipinski definition) is 2. The zero-order chi connectivity index (χ0) is 14.1. The van der Waals surface area contributed by atoms with E-state index in [0.717, 1.165) is 16.8 Å². The Labute approximate surface area is 131 Å². The third kappa shape index (κ3) is 2.91. The molecule has 0 bridgehead atoms. The highest BCUT2D eigenvalue weighted by molar-refractivity contribution is 9.10. The standard InChI is InChI=1S/C16H16BrNOS/c1-11(2)19-14-3-4-16-12(7-14)5-6-18(16)9-15-8-13(17)10-20-15/h3-8,10-11H,9H2,1-2H3. The van der Waals surface area contributed by atoms with E-state index in [-0.39, 0.29) is 6.10 Å². The van der Waals surface area contributed by atoms with E-state index in [1.807, 2.05) is 19.9 Å². The first-order chi connectivity index (χ1) is 9.61. The van der Waals surface area contributed by atoms with Crippen LogP contribution in [0.3, 0.4) is 0 Å². The number of halogens is 1. The molecule has 20 heavy (non-hydrogen) atoms. The molecule has 104 valence electrons. The van der Waals surface area contributed by atoms with E-state index in [2.05, 4.69) is 56.3 Å². The van der Waals surface area contributed by atoms with Gasteiger partial charge in [0.2, 0.25) is 0 Å². The highest BCUT2D eigenvalue weighted by Crippen LogP contribution is 2.26. The van der Waals surface area contributed by atoms with Crippen molar-refractivity contribution in [3.05, 3.63) is 51.3 Å². The van der Waals surface area contributed by atoms with Crippen LogP contribution in [0.5, 0.6) is 5.75 Å². The zero-order valence-electron chi connectivity index (χ0n) is 11.5. The molecule has 2 aromatic heterocycles. The summed E-state index contributed by atoms with van der Waals surface area (Å²) < 4.78 is 9.16. The van der Waals surface area contributed by atoms with Gasteiger partial charge >= 0.3 is 0 Å².